The van der Waals surface area contributed by atoms with E-state index in [1.54, 1.807) is 14.2 Å². The molecule has 1 aromatic heterocycles. The predicted octanol–water partition coefficient (Wildman–Crippen LogP) is 4.23. The van der Waals surface area contributed by atoms with Crippen molar-refractivity contribution in [1.82, 2.24) is 4.98 Å². The highest BCUT2D eigenvalue weighted by molar-refractivity contribution is 5.86. The van der Waals surface area contributed by atoms with Crippen molar-refractivity contribution in [1.29, 1.82) is 0 Å². The van der Waals surface area contributed by atoms with Crippen molar-refractivity contribution in [2.45, 2.75) is 6.92 Å². The summed E-state index contributed by atoms with van der Waals surface area (Å²) in [6.07, 6.45) is 1.91. The number of aromatic nitrogens is 1. The van der Waals surface area contributed by atoms with E-state index in [2.05, 4.69) is 36.2 Å². The molecule has 3 aromatic rings. The topological polar surface area (TPSA) is 31.4 Å². The second kappa shape index (κ2) is 5.44. The standard InChI is InChI=1S/C18H17NO2/c1-12-4-5-13-9-16(19-11-15(13)8-12)14-6-7-17(20-2)18(10-14)21-3/h4-11H,1-3H3. The van der Waals surface area contributed by atoms with E-state index in [-0.39, 0.29) is 0 Å². The van der Waals surface area contributed by atoms with Gasteiger partial charge < -0.3 is 9.47 Å². The maximum atomic E-state index is 5.35. The molecule has 0 saturated heterocycles. The number of methoxy groups -OCH3 is 2. The first-order valence-electron chi connectivity index (χ1n) is 6.80. The fourth-order valence-electron chi connectivity index (χ4n) is 2.41. The quantitative estimate of drug-likeness (QED) is 0.719. The van der Waals surface area contributed by atoms with Gasteiger partial charge in [-0.1, -0.05) is 17.7 Å². The monoisotopic (exact) mass is 279 g/mol. The summed E-state index contributed by atoms with van der Waals surface area (Å²) in [5, 5.41) is 2.33. The lowest BCUT2D eigenvalue weighted by Gasteiger charge is -2.10. The smallest absolute Gasteiger partial charge is 0.161 e. The average molecular weight is 279 g/mol. The molecule has 0 atom stereocenters. The molecule has 0 radical (unpaired) electrons. The number of ether oxygens (including phenoxy) is 2. The van der Waals surface area contributed by atoms with Gasteiger partial charge in [0.15, 0.2) is 11.5 Å². The molecule has 0 spiro atoms. The van der Waals surface area contributed by atoms with Crippen molar-refractivity contribution in [3.8, 4) is 22.8 Å². The van der Waals surface area contributed by atoms with E-state index < -0.39 is 0 Å². The van der Waals surface area contributed by atoms with Crippen LogP contribution in [0.25, 0.3) is 22.0 Å². The Balaban J connectivity index is 2.09. The Bertz CT molecular complexity index is 796. The van der Waals surface area contributed by atoms with Gasteiger partial charge in [0.2, 0.25) is 0 Å². The van der Waals surface area contributed by atoms with Gasteiger partial charge in [-0.2, -0.15) is 0 Å². The molecule has 0 N–H and O–H groups in total. The Morgan fingerprint density at radius 1 is 0.810 bits per heavy atom. The summed E-state index contributed by atoms with van der Waals surface area (Å²) in [7, 11) is 3.27. The molecule has 3 nitrogen and oxygen atoms in total. The number of aryl methyl sites for hydroxylation is 1. The number of nitrogens with zero attached hydrogens (tertiary/aromatic N) is 1. The van der Waals surface area contributed by atoms with Gasteiger partial charge in [0.05, 0.1) is 19.9 Å². The van der Waals surface area contributed by atoms with Crippen molar-refractivity contribution >= 4 is 10.8 Å². The third-order valence-electron chi connectivity index (χ3n) is 3.56. The van der Waals surface area contributed by atoms with Crippen LogP contribution in [0.1, 0.15) is 5.56 Å². The van der Waals surface area contributed by atoms with E-state index in [9.17, 15) is 0 Å². The second-order valence-corrected chi connectivity index (χ2v) is 4.99. The highest BCUT2D eigenvalue weighted by atomic mass is 16.5. The molecule has 0 aliphatic carbocycles. The maximum Gasteiger partial charge on any atom is 0.161 e. The largest absolute Gasteiger partial charge is 0.493 e. The molecular formula is C18H17NO2. The Morgan fingerprint density at radius 3 is 2.38 bits per heavy atom. The molecule has 0 fully saturated rings. The Labute approximate surface area is 124 Å². The molecule has 3 heteroatoms. The van der Waals surface area contributed by atoms with Crippen molar-refractivity contribution in [2.75, 3.05) is 14.2 Å². The van der Waals surface area contributed by atoms with E-state index in [4.69, 9.17) is 9.47 Å². The van der Waals surface area contributed by atoms with Crippen LogP contribution in [0.5, 0.6) is 11.5 Å². The Morgan fingerprint density at radius 2 is 1.62 bits per heavy atom. The minimum atomic E-state index is 0.709. The lowest BCUT2D eigenvalue weighted by Crippen LogP contribution is -1.91. The van der Waals surface area contributed by atoms with Gasteiger partial charge in [-0.3, -0.25) is 4.98 Å². The third kappa shape index (κ3) is 2.55. The lowest BCUT2D eigenvalue weighted by molar-refractivity contribution is 0.355. The average Bonchev–Trinajstić information content (AvgIpc) is 2.53. The van der Waals surface area contributed by atoms with Gasteiger partial charge in [0, 0.05) is 17.1 Å². The van der Waals surface area contributed by atoms with Gasteiger partial charge in [-0.25, -0.2) is 0 Å². The van der Waals surface area contributed by atoms with E-state index in [0.717, 1.165) is 22.4 Å². The molecule has 106 valence electrons. The number of benzene rings is 2. The summed E-state index contributed by atoms with van der Waals surface area (Å²) in [4.78, 5) is 4.55. The molecule has 0 amide bonds. The zero-order valence-electron chi connectivity index (χ0n) is 12.4. The molecule has 0 unspecified atom stereocenters. The number of fused-ring (bicyclic) bond motifs is 1. The van der Waals surface area contributed by atoms with Crippen molar-refractivity contribution in [2.24, 2.45) is 0 Å². The normalized spacial score (nSPS) is 10.6. The van der Waals surface area contributed by atoms with E-state index in [1.807, 2.05) is 24.4 Å². The zero-order chi connectivity index (χ0) is 14.8. The van der Waals surface area contributed by atoms with Crippen LogP contribution in [0.2, 0.25) is 0 Å². The van der Waals surface area contributed by atoms with E-state index >= 15 is 0 Å². The van der Waals surface area contributed by atoms with Crippen LogP contribution in [-0.2, 0) is 0 Å². The van der Waals surface area contributed by atoms with Crippen molar-refractivity contribution in [3.05, 3.63) is 54.2 Å². The maximum absolute atomic E-state index is 5.35. The summed E-state index contributed by atoms with van der Waals surface area (Å²) in [6.45, 7) is 2.09. The fraction of sp³-hybridized carbons (Fsp3) is 0.167. The highest BCUT2D eigenvalue weighted by Crippen LogP contribution is 2.32. The summed E-state index contributed by atoms with van der Waals surface area (Å²) in [6, 6.07) is 14.3. The SMILES string of the molecule is COc1ccc(-c2cc3ccc(C)cc3cn2)cc1OC. The predicted molar refractivity (Wildman–Crippen MR) is 85.0 cm³/mol. The summed E-state index contributed by atoms with van der Waals surface area (Å²) in [5.74, 6) is 1.43. The van der Waals surface area contributed by atoms with Crippen LogP contribution in [0.3, 0.4) is 0 Å². The molecule has 21 heavy (non-hydrogen) atoms. The van der Waals surface area contributed by atoms with Crippen LogP contribution in [0, 0.1) is 6.92 Å². The van der Waals surface area contributed by atoms with E-state index in [1.165, 1.54) is 10.9 Å². The summed E-state index contributed by atoms with van der Waals surface area (Å²) in [5.41, 5.74) is 3.17. The minimum Gasteiger partial charge on any atom is -0.493 e. The third-order valence-corrected chi connectivity index (χ3v) is 3.56. The van der Waals surface area contributed by atoms with Gasteiger partial charge in [0.1, 0.15) is 0 Å². The Kier molecular flexibility index (Phi) is 3.48. The number of pyridine rings is 1. The molecule has 0 aliphatic heterocycles. The van der Waals surface area contributed by atoms with Crippen LogP contribution in [-0.4, -0.2) is 19.2 Å². The molecule has 3 rings (SSSR count). The lowest BCUT2D eigenvalue weighted by atomic mass is 10.1. The van der Waals surface area contributed by atoms with Crippen LogP contribution >= 0.6 is 0 Å². The van der Waals surface area contributed by atoms with Crippen LogP contribution in [0.4, 0.5) is 0 Å². The molecule has 1 heterocycles. The van der Waals surface area contributed by atoms with Gasteiger partial charge >= 0.3 is 0 Å². The fourth-order valence-corrected chi connectivity index (χ4v) is 2.41. The van der Waals surface area contributed by atoms with Crippen molar-refractivity contribution in [3.63, 3.8) is 0 Å². The van der Waals surface area contributed by atoms with Crippen LogP contribution in [0.15, 0.2) is 48.7 Å². The first-order chi connectivity index (χ1) is 10.2. The summed E-state index contributed by atoms with van der Waals surface area (Å²) < 4.78 is 10.6. The van der Waals surface area contributed by atoms with Gasteiger partial charge in [-0.05, 0) is 42.6 Å². The Hall–Kier alpha value is -2.55. The molecule has 2 aromatic carbocycles. The first kappa shape index (κ1) is 13.4. The van der Waals surface area contributed by atoms with Gasteiger partial charge in [0.25, 0.3) is 0 Å². The van der Waals surface area contributed by atoms with E-state index in [0.29, 0.717) is 5.75 Å². The summed E-state index contributed by atoms with van der Waals surface area (Å²) >= 11 is 0. The zero-order valence-corrected chi connectivity index (χ0v) is 12.4. The van der Waals surface area contributed by atoms with Crippen molar-refractivity contribution < 1.29 is 9.47 Å². The number of rotatable bonds is 3. The molecule has 0 aliphatic rings. The van der Waals surface area contributed by atoms with Crippen LogP contribution < -0.4 is 9.47 Å². The highest BCUT2D eigenvalue weighted by Gasteiger charge is 2.07. The number of hydrogen-bond acceptors (Lipinski definition) is 3. The first-order valence-corrected chi connectivity index (χ1v) is 6.80. The molecular weight excluding hydrogens is 262 g/mol. The number of hydrogen-bond donors (Lipinski definition) is 0. The second-order valence-electron chi connectivity index (χ2n) is 4.99. The minimum absolute atomic E-state index is 0.709. The molecule has 0 saturated carbocycles. The van der Waals surface area contributed by atoms with Gasteiger partial charge in [-0.15, -0.1) is 0 Å². The molecule has 0 bridgehead atoms.